The molecule has 0 spiro atoms. The molecule has 5 heteroatoms. The summed E-state index contributed by atoms with van der Waals surface area (Å²) < 4.78 is 1.83. The maximum atomic E-state index is 10.7. The van der Waals surface area contributed by atoms with E-state index >= 15 is 0 Å². The summed E-state index contributed by atoms with van der Waals surface area (Å²) in [5, 5.41) is 8.78. The summed E-state index contributed by atoms with van der Waals surface area (Å²) in [4.78, 5) is 14.8. The van der Waals surface area contributed by atoms with Gasteiger partial charge in [0.15, 0.2) is 0 Å². The third kappa shape index (κ3) is 1.57. The number of rotatable bonds is 2. The van der Waals surface area contributed by atoms with E-state index in [-0.39, 0.29) is 0 Å². The maximum Gasteiger partial charge on any atom is 0.325 e. The Kier molecular flexibility index (Phi) is 2.17. The number of nitrogens with two attached hydrogens (primary N) is 1. The number of aromatic nitrogens is 2. The van der Waals surface area contributed by atoms with Crippen molar-refractivity contribution in [3.63, 3.8) is 0 Å². The number of carbonyl (C=O) groups is 1. The fourth-order valence-electron chi connectivity index (χ4n) is 1.48. The molecule has 1 aromatic carbocycles. The molecule has 0 aliphatic carbocycles. The Balaban J connectivity index is 2.54. The standard InChI is InChI=1S/C10H11N3O2/c1-13-5-12-7-3-2-6(4-8(7)13)9(11)10(14)15/h2-5,9H,11H2,1H3,(H,14,15). The monoisotopic (exact) mass is 205 g/mol. The van der Waals surface area contributed by atoms with Crippen LogP contribution in [-0.4, -0.2) is 20.6 Å². The summed E-state index contributed by atoms with van der Waals surface area (Å²) >= 11 is 0. The number of fused-ring (bicyclic) bond motifs is 1. The molecular formula is C10H11N3O2. The molecule has 78 valence electrons. The van der Waals surface area contributed by atoms with E-state index in [1.54, 1.807) is 24.5 Å². The molecule has 0 amide bonds. The van der Waals surface area contributed by atoms with Crippen LogP contribution in [0.3, 0.4) is 0 Å². The lowest BCUT2D eigenvalue weighted by molar-refractivity contribution is -0.138. The lowest BCUT2D eigenvalue weighted by Gasteiger charge is -2.06. The maximum absolute atomic E-state index is 10.7. The fourth-order valence-corrected chi connectivity index (χ4v) is 1.48. The van der Waals surface area contributed by atoms with Crippen molar-refractivity contribution < 1.29 is 9.90 Å². The molecule has 1 unspecified atom stereocenters. The molecule has 3 N–H and O–H groups in total. The second-order valence-electron chi connectivity index (χ2n) is 3.42. The molecule has 2 rings (SSSR count). The van der Waals surface area contributed by atoms with Gasteiger partial charge in [-0.05, 0) is 17.7 Å². The van der Waals surface area contributed by atoms with E-state index in [9.17, 15) is 4.79 Å². The van der Waals surface area contributed by atoms with Crippen LogP contribution in [0.25, 0.3) is 11.0 Å². The van der Waals surface area contributed by atoms with Crippen LogP contribution in [0.15, 0.2) is 24.5 Å². The molecule has 15 heavy (non-hydrogen) atoms. The first kappa shape index (κ1) is 9.67. The number of aliphatic carboxylic acids is 1. The summed E-state index contributed by atoms with van der Waals surface area (Å²) in [6, 6.07) is 4.23. The normalized spacial score (nSPS) is 12.9. The molecule has 1 heterocycles. The number of imidazole rings is 1. The molecule has 1 aromatic heterocycles. The smallest absolute Gasteiger partial charge is 0.325 e. The van der Waals surface area contributed by atoms with Crippen LogP contribution in [0, 0.1) is 0 Å². The number of hydrogen-bond donors (Lipinski definition) is 2. The number of benzene rings is 1. The van der Waals surface area contributed by atoms with Gasteiger partial charge in [0, 0.05) is 7.05 Å². The highest BCUT2D eigenvalue weighted by Crippen LogP contribution is 2.18. The third-order valence-corrected chi connectivity index (χ3v) is 2.37. The summed E-state index contributed by atoms with van der Waals surface area (Å²) in [5.41, 5.74) is 7.81. The average Bonchev–Trinajstić information content (AvgIpc) is 2.59. The van der Waals surface area contributed by atoms with Crippen molar-refractivity contribution in [1.29, 1.82) is 0 Å². The van der Waals surface area contributed by atoms with Crippen LogP contribution in [0.1, 0.15) is 11.6 Å². The predicted molar refractivity (Wildman–Crippen MR) is 55.3 cm³/mol. The molecule has 2 aromatic rings. The molecule has 0 radical (unpaired) electrons. The minimum Gasteiger partial charge on any atom is -0.480 e. The first-order valence-corrected chi connectivity index (χ1v) is 4.49. The van der Waals surface area contributed by atoms with Gasteiger partial charge in [0.2, 0.25) is 0 Å². The van der Waals surface area contributed by atoms with Crippen LogP contribution in [0.4, 0.5) is 0 Å². The molecule has 0 saturated carbocycles. The molecule has 0 saturated heterocycles. The molecule has 0 fully saturated rings. The summed E-state index contributed by atoms with van der Waals surface area (Å²) in [7, 11) is 1.85. The van der Waals surface area contributed by atoms with Crippen LogP contribution >= 0.6 is 0 Å². The zero-order valence-electron chi connectivity index (χ0n) is 8.21. The van der Waals surface area contributed by atoms with Crippen LogP contribution < -0.4 is 5.73 Å². The Hall–Kier alpha value is -1.88. The van der Waals surface area contributed by atoms with Gasteiger partial charge in [-0.25, -0.2) is 4.98 Å². The Morgan fingerprint density at radius 3 is 3.00 bits per heavy atom. The van der Waals surface area contributed by atoms with E-state index in [0.717, 1.165) is 11.0 Å². The number of nitrogens with zero attached hydrogens (tertiary/aromatic N) is 2. The van der Waals surface area contributed by atoms with Crippen molar-refractivity contribution in [1.82, 2.24) is 9.55 Å². The van der Waals surface area contributed by atoms with Gasteiger partial charge in [-0.1, -0.05) is 6.07 Å². The van der Waals surface area contributed by atoms with Gasteiger partial charge in [-0.2, -0.15) is 0 Å². The third-order valence-electron chi connectivity index (χ3n) is 2.37. The number of carboxylic acids is 1. The largest absolute Gasteiger partial charge is 0.480 e. The average molecular weight is 205 g/mol. The molecule has 0 aliphatic heterocycles. The second kappa shape index (κ2) is 3.36. The van der Waals surface area contributed by atoms with Gasteiger partial charge in [0.05, 0.1) is 17.4 Å². The van der Waals surface area contributed by atoms with Crippen LogP contribution in [-0.2, 0) is 11.8 Å². The lowest BCUT2D eigenvalue weighted by Crippen LogP contribution is -2.20. The Morgan fingerprint density at radius 1 is 1.60 bits per heavy atom. The van der Waals surface area contributed by atoms with Gasteiger partial charge in [0.25, 0.3) is 0 Å². The topological polar surface area (TPSA) is 81.1 Å². The second-order valence-corrected chi connectivity index (χ2v) is 3.42. The lowest BCUT2D eigenvalue weighted by atomic mass is 10.1. The Morgan fingerprint density at radius 2 is 2.33 bits per heavy atom. The van der Waals surface area contributed by atoms with Gasteiger partial charge >= 0.3 is 5.97 Å². The Bertz CT molecular complexity index is 518. The molecule has 0 aliphatic rings. The van der Waals surface area contributed by atoms with E-state index in [1.165, 1.54) is 0 Å². The predicted octanol–water partition coefficient (Wildman–Crippen LogP) is 0.658. The van der Waals surface area contributed by atoms with Crippen molar-refractivity contribution in [2.75, 3.05) is 0 Å². The van der Waals surface area contributed by atoms with Crippen LogP contribution in [0.5, 0.6) is 0 Å². The number of hydrogen-bond acceptors (Lipinski definition) is 3. The van der Waals surface area contributed by atoms with Crippen molar-refractivity contribution in [2.24, 2.45) is 12.8 Å². The first-order chi connectivity index (χ1) is 7.09. The molecule has 5 nitrogen and oxygen atoms in total. The fraction of sp³-hybridized carbons (Fsp3) is 0.200. The molecule has 1 atom stereocenters. The van der Waals surface area contributed by atoms with Crippen molar-refractivity contribution in [3.8, 4) is 0 Å². The highest BCUT2D eigenvalue weighted by molar-refractivity contribution is 5.80. The highest BCUT2D eigenvalue weighted by Gasteiger charge is 2.14. The van der Waals surface area contributed by atoms with E-state index in [2.05, 4.69) is 4.98 Å². The van der Waals surface area contributed by atoms with E-state index in [4.69, 9.17) is 10.8 Å². The van der Waals surface area contributed by atoms with Crippen molar-refractivity contribution in [3.05, 3.63) is 30.1 Å². The van der Waals surface area contributed by atoms with Gasteiger partial charge in [-0.3, -0.25) is 4.79 Å². The van der Waals surface area contributed by atoms with Gasteiger partial charge in [0.1, 0.15) is 6.04 Å². The number of aryl methyl sites for hydroxylation is 1. The minimum absolute atomic E-state index is 0.582. The summed E-state index contributed by atoms with van der Waals surface area (Å²) in [6.07, 6.45) is 1.68. The van der Waals surface area contributed by atoms with Crippen molar-refractivity contribution >= 4 is 17.0 Å². The Labute approximate surface area is 86.1 Å². The van der Waals surface area contributed by atoms with Gasteiger partial charge < -0.3 is 15.4 Å². The zero-order valence-corrected chi connectivity index (χ0v) is 8.21. The quantitative estimate of drug-likeness (QED) is 0.754. The number of carboxylic acid groups (broad SMARTS) is 1. The first-order valence-electron chi connectivity index (χ1n) is 4.49. The van der Waals surface area contributed by atoms with E-state index in [0.29, 0.717) is 5.56 Å². The van der Waals surface area contributed by atoms with Crippen molar-refractivity contribution in [2.45, 2.75) is 6.04 Å². The molecule has 0 bridgehead atoms. The van der Waals surface area contributed by atoms with Gasteiger partial charge in [-0.15, -0.1) is 0 Å². The summed E-state index contributed by atoms with van der Waals surface area (Å²) in [5.74, 6) is -1.03. The zero-order chi connectivity index (χ0) is 11.0. The summed E-state index contributed by atoms with van der Waals surface area (Å²) in [6.45, 7) is 0. The van der Waals surface area contributed by atoms with E-state index in [1.807, 2.05) is 11.6 Å². The minimum atomic E-state index is -1.03. The van der Waals surface area contributed by atoms with Crippen LogP contribution in [0.2, 0.25) is 0 Å². The SMILES string of the molecule is Cn1cnc2ccc(C(N)C(=O)O)cc21. The van der Waals surface area contributed by atoms with E-state index < -0.39 is 12.0 Å². The molecular weight excluding hydrogens is 194 g/mol. The highest BCUT2D eigenvalue weighted by atomic mass is 16.4.